The first kappa shape index (κ1) is 20.3. The van der Waals surface area contributed by atoms with Gasteiger partial charge in [0.2, 0.25) is 5.95 Å². The Balaban J connectivity index is 1.45. The van der Waals surface area contributed by atoms with Crippen molar-refractivity contribution in [1.29, 1.82) is 0 Å². The first-order valence-electron chi connectivity index (χ1n) is 10.9. The van der Waals surface area contributed by atoms with Gasteiger partial charge in [-0.2, -0.15) is 0 Å². The van der Waals surface area contributed by atoms with Crippen LogP contribution in [0.5, 0.6) is 0 Å². The van der Waals surface area contributed by atoms with Crippen molar-refractivity contribution in [2.75, 3.05) is 18.0 Å². The van der Waals surface area contributed by atoms with Crippen LogP contribution in [0.2, 0.25) is 0 Å². The molecule has 2 atom stereocenters. The van der Waals surface area contributed by atoms with E-state index in [1.54, 1.807) is 7.05 Å². The van der Waals surface area contributed by atoms with E-state index in [4.69, 9.17) is 10.7 Å². The van der Waals surface area contributed by atoms with Crippen LogP contribution >= 0.6 is 0 Å². The SMILES string of the molecule is C[C@@H]1CCC2(CCN(c3nc4c(c(=O)n3C)C(c3cccc(F)c3F)=NC4)CC2)[C@@H]1N. The van der Waals surface area contributed by atoms with Gasteiger partial charge in [-0.3, -0.25) is 14.4 Å². The fourth-order valence-electron chi connectivity index (χ4n) is 5.61. The van der Waals surface area contributed by atoms with E-state index in [9.17, 15) is 13.6 Å². The molecule has 0 amide bonds. The largest absolute Gasteiger partial charge is 0.342 e. The lowest BCUT2D eigenvalue weighted by Crippen LogP contribution is -2.49. The predicted molar refractivity (Wildman–Crippen MR) is 115 cm³/mol. The maximum absolute atomic E-state index is 14.4. The Labute approximate surface area is 179 Å². The standard InChI is InChI=1S/C23H27F2N5O/c1-13-6-7-23(20(13)26)8-10-30(11-9-23)22-28-16-12-27-19(17(16)21(31)29(22)2)14-4-3-5-15(24)18(14)25/h3-5,13,20H,6-12,26H2,1-2H3/t13-,20-/m1/s1. The van der Waals surface area contributed by atoms with Gasteiger partial charge in [0.25, 0.3) is 5.56 Å². The van der Waals surface area contributed by atoms with Crippen molar-refractivity contribution >= 4 is 11.7 Å². The van der Waals surface area contributed by atoms with Crippen LogP contribution < -0.4 is 16.2 Å². The third kappa shape index (κ3) is 3.03. The monoisotopic (exact) mass is 427 g/mol. The number of rotatable bonds is 2. The van der Waals surface area contributed by atoms with Crippen LogP contribution in [0.25, 0.3) is 0 Å². The lowest BCUT2D eigenvalue weighted by Gasteiger charge is -2.43. The van der Waals surface area contributed by atoms with Crippen LogP contribution in [0, 0.1) is 23.0 Å². The second-order valence-electron chi connectivity index (χ2n) is 9.26. The Bertz CT molecular complexity index is 1130. The number of aromatic nitrogens is 2. The van der Waals surface area contributed by atoms with Crippen molar-refractivity contribution in [3.8, 4) is 0 Å². The van der Waals surface area contributed by atoms with Crippen LogP contribution in [-0.2, 0) is 13.6 Å². The second-order valence-corrected chi connectivity index (χ2v) is 9.26. The number of aliphatic imine (C=N–C) groups is 1. The minimum absolute atomic E-state index is 0.00495. The van der Waals surface area contributed by atoms with Gasteiger partial charge < -0.3 is 10.6 Å². The van der Waals surface area contributed by atoms with Crippen LogP contribution in [0.15, 0.2) is 28.0 Å². The highest BCUT2D eigenvalue weighted by Gasteiger charge is 2.46. The van der Waals surface area contributed by atoms with Gasteiger partial charge in [0.1, 0.15) is 0 Å². The van der Waals surface area contributed by atoms with Gasteiger partial charge >= 0.3 is 0 Å². The smallest absolute Gasteiger partial charge is 0.264 e. The highest BCUT2D eigenvalue weighted by molar-refractivity contribution is 6.14. The van der Waals surface area contributed by atoms with E-state index in [1.807, 2.05) is 0 Å². The average molecular weight is 427 g/mol. The molecule has 3 heterocycles. The topological polar surface area (TPSA) is 76.5 Å². The number of halogens is 2. The average Bonchev–Trinajstić information content (AvgIpc) is 3.31. The summed E-state index contributed by atoms with van der Waals surface area (Å²) in [6.07, 6.45) is 4.31. The summed E-state index contributed by atoms with van der Waals surface area (Å²) in [6.45, 7) is 4.01. The van der Waals surface area contributed by atoms with Gasteiger partial charge in [-0.1, -0.05) is 13.0 Å². The molecule has 2 fully saturated rings. The molecule has 2 aromatic rings. The lowest BCUT2D eigenvalue weighted by molar-refractivity contribution is 0.185. The summed E-state index contributed by atoms with van der Waals surface area (Å²) >= 11 is 0. The third-order valence-electron chi connectivity index (χ3n) is 7.63. The maximum Gasteiger partial charge on any atom is 0.264 e. The molecule has 2 N–H and O–H groups in total. The van der Waals surface area contributed by atoms with E-state index in [0.29, 0.717) is 17.6 Å². The highest BCUT2D eigenvalue weighted by Crippen LogP contribution is 2.48. The molecule has 1 saturated heterocycles. The normalized spacial score (nSPS) is 24.5. The summed E-state index contributed by atoms with van der Waals surface area (Å²) in [4.78, 5) is 24.5. The number of anilines is 1. The summed E-state index contributed by atoms with van der Waals surface area (Å²) in [5.41, 5.74) is 7.38. The quantitative estimate of drug-likeness (QED) is 0.800. The van der Waals surface area contributed by atoms with E-state index >= 15 is 0 Å². The summed E-state index contributed by atoms with van der Waals surface area (Å²) in [5, 5.41) is 0. The van der Waals surface area contributed by atoms with Crippen LogP contribution in [0.1, 0.15) is 49.4 Å². The molecule has 1 aromatic carbocycles. The molecular formula is C23H27F2N5O. The van der Waals surface area contributed by atoms with Gasteiger partial charge in [-0.25, -0.2) is 13.8 Å². The van der Waals surface area contributed by atoms with Crippen LogP contribution in [-0.4, -0.2) is 34.4 Å². The Hall–Kier alpha value is -2.61. The number of benzene rings is 1. The van der Waals surface area contributed by atoms with E-state index in [1.165, 1.54) is 23.1 Å². The van der Waals surface area contributed by atoms with E-state index in [2.05, 4.69) is 16.8 Å². The summed E-state index contributed by atoms with van der Waals surface area (Å²) < 4.78 is 29.6. The zero-order chi connectivity index (χ0) is 21.9. The van der Waals surface area contributed by atoms with Gasteiger partial charge in [0.05, 0.1) is 23.5 Å². The van der Waals surface area contributed by atoms with Crippen molar-refractivity contribution in [1.82, 2.24) is 9.55 Å². The number of hydrogen-bond acceptors (Lipinski definition) is 5. The number of nitrogens with two attached hydrogens (primary N) is 1. The zero-order valence-electron chi connectivity index (χ0n) is 17.9. The number of piperidine rings is 1. The lowest BCUT2D eigenvalue weighted by atomic mass is 9.73. The van der Waals surface area contributed by atoms with Gasteiger partial charge in [-0.05, 0) is 49.1 Å². The predicted octanol–water partition coefficient (Wildman–Crippen LogP) is 2.75. The Kier molecular flexibility index (Phi) is 4.73. The minimum atomic E-state index is -0.997. The van der Waals surface area contributed by atoms with Crippen molar-refractivity contribution in [2.45, 2.75) is 45.2 Å². The highest BCUT2D eigenvalue weighted by atomic mass is 19.2. The molecule has 1 aromatic heterocycles. The molecule has 1 saturated carbocycles. The van der Waals surface area contributed by atoms with Crippen molar-refractivity contribution in [2.24, 2.45) is 29.1 Å². The molecule has 1 aliphatic carbocycles. The number of nitrogens with zero attached hydrogens (tertiary/aromatic N) is 4. The van der Waals surface area contributed by atoms with Gasteiger partial charge in [-0.15, -0.1) is 0 Å². The Morgan fingerprint density at radius 1 is 1.19 bits per heavy atom. The molecule has 2 aliphatic heterocycles. The third-order valence-corrected chi connectivity index (χ3v) is 7.63. The summed E-state index contributed by atoms with van der Waals surface area (Å²) in [7, 11) is 1.68. The molecule has 0 radical (unpaired) electrons. The summed E-state index contributed by atoms with van der Waals surface area (Å²) in [6, 6.07) is 4.13. The van der Waals surface area contributed by atoms with Crippen molar-refractivity contribution < 1.29 is 8.78 Å². The first-order chi connectivity index (χ1) is 14.8. The molecule has 5 rings (SSSR count). The number of fused-ring (bicyclic) bond motifs is 1. The zero-order valence-corrected chi connectivity index (χ0v) is 17.9. The van der Waals surface area contributed by atoms with Gasteiger partial charge in [0, 0.05) is 31.7 Å². The fourth-order valence-corrected chi connectivity index (χ4v) is 5.61. The second kappa shape index (κ2) is 7.22. The van der Waals surface area contributed by atoms with E-state index in [0.717, 1.165) is 38.4 Å². The molecule has 8 heteroatoms. The van der Waals surface area contributed by atoms with E-state index < -0.39 is 11.6 Å². The van der Waals surface area contributed by atoms with E-state index in [-0.39, 0.29) is 40.4 Å². The Morgan fingerprint density at radius 2 is 1.94 bits per heavy atom. The molecule has 164 valence electrons. The Morgan fingerprint density at radius 3 is 2.61 bits per heavy atom. The molecule has 31 heavy (non-hydrogen) atoms. The molecule has 3 aliphatic rings. The molecule has 0 bridgehead atoms. The molecule has 0 unspecified atom stereocenters. The first-order valence-corrected chi connectivity index (χ1v) is 10.9. The maximum atomic E-state index is 14.4. The van der Waals surface area contributed by atoms with Crippen LogP contribution in [0.3, 0.4) is 0 Å². The molecular weight excluding hydrogens is 400 g/mol. The van der Waals surface area contributed by atoms with Gasteiger partial charge in [0.15, 0.2) is 11.6 Å². The van der Waals surface area contributed by atoms with Crippen LogP contribution in [0.4, 0.5) is 14.7 Å². The van der Waals surface area contributed by atoms with Crippen molar-refractivity contribution in [3.05, 3.63) is 57.0 Å². The molecule has 6 nitrogen and oxygen atoms in total. The summed E-state index contributed by atoms with van der Waals surface area (Å²) in [5.74, 6) is -0.803. The minimum Gasteiger partial charge on any atom is -0.342 e. The van der Waals surface area contributed by atoms with Crippen molar-refractivity contribution in [3.63, 3.8) is 0 Å². The fraction of sp³-hybridized carbons (Fsp3) is 0.522. The number of hydrogen-bond donors (Lipinski definition) is 1. The molecule has 1 spiro atoms.